The highest BCUT2D eigenvalue weighted by atomic mass is 14.9. The van der Waals surface area contributed by atoms with E-state index in [1.165, 1.54) is 17.5 Å². The van der Waals surface area contributed by atoms with E-state index in [0.29, 0.717) is 5.92 Å². The molecule has 0 aliphatic carbocycles. The van der Waals surface area contributed by atoms with Crippen LogP contribution < -0.4 is 4.57 Å². The van der Waals surface area contributed by atoms with Gasteiger partial charge in [-0.3, -0.25) is 0 Å². The van der Waals surface area contributed by atoms with Crippen molar-refractivity contribution in [1.82, 2.24) is 0 Å². The van der Waals surface area contributed by atoms with Crippen LogP contribution in [-0.4, -0.2) is 0 Å². The fraction of sp³-hybridized carbons (Fsp3) is 0.353. The summed E-state index contributed by atoms with van der Waals surface area (Å²) in [6, 6.07) is 15.1. The summed E-state index contributed by atoms with van der Waals surface area (Å²) in [7, 11) is 0. The maximum absolute atomic E-state index is 2.30. The average molecular weight is 240 g/mol. The van der Waals surface area contributed by atoms with E-state index < -0.39 is 0 Å². The Kier molecular flexibility index (Phi) is 4.52. The predicted molar refractivity (Wildman–Crippen MR) is 75.5 cm³/mol. The maximum Gasteiger partial charge on any atom is 0.172 e. The second kappa shape index (κ2) is 6.34. The zero-order valence-electron chi connectivity index (χ0n) is 11.3. The van der Waals surface area contributed by atoms with Crippen molar-refractivity contribution in [3.05, 3.63) is 66.0 Å². The molecule has 0 N–H and O–H groups in total. The zero-order chi connectivity index (χ0) is 12.8. The lowest BCUT2D eigenvalue weighted by molar-refractivity contribution is -0.697. The third-order valence-corrected chi connectivity index (χ3v) is 3.27. The Morgan fingerprint density at radius 1 is 1.00 bits per heavy atom. The highest BCUT2D eigenvalue weighted by molar-refractivity contribution is 5.14. The van der Waals surface area contributed by atoms with Gasteiger partial charge in [-0.2, -0.15) is 0 Å². The second-order valence-corrected chi connectivity index (χ2v) is 5.12. The quantitative estimate of drug-likeness (QED) is 0.701. The Labute approximate surface area is 110 Å². The molecule has 0 saturated heterocycles. The summed E-state index contributed by atoms with van der Waals surface area (Å²) in [6.45, 7) is 5.57. The lowest BCUT2D eigenvalue weighted by atomic mass is 10.1. The maximum atomic E-state index is 2.30. The van der Waals surface area contributed by atoms with Crippen molar-refractivity contribution in [1.29, 1.82) is 0 Å². The third kappa shape index (κ3) is 3.69. The summed E-state index contributed by atoms with van der Waals surface area (Å²) in [5, 5.41) is 0. The highest BCUT2D eigenvalue weighted by Gasteiger charge is 2.05. The van der Waals surface area contributed by atoms with E-state index in [0.717, 1.165) is 13.0 Å². The molecular weight excluding hydrogens is 218 g/mol. The Morgan fingerprint density at radius 3 is 2.50 bits per heavy atom. The molecule has 0 fully saturated rings. The van der Waals surface area contributed by atoms with Gasteiger partial charge in [0.15, 0.2) is 12.4 Å². The van der Waals surface area contributed by atoms with Crippen LogP contribution in [0.1, 0.15) is 37.3 Å². The zero-order valence-corrected chi connectivity index (χ0v) is 11.3. The number of nitrogens with zero attached hydrogens (tertiary/aromatic N) is 1. The van der Waals surface area contributed by atoms with Gasteiger partial charge in [-0.25, -0.2) is 4.57 Å². The van der Waals surface area contributed by atoms with Crippen molar-refractivity contribution in [2.45, 2.75) is 39.2 Å². The Hall–Kier alpha value is -1.63. The van der Waals surface area contributed by atoms with Crippen LogP contribution in [0.2, 0.25) is 0 Å². The van der Waals surface area contributed by atoms with Crippen LogP contribution in [-0.2, 0) is 13.0 Å². The first kappa shape index (κ1) is 12.8. The Morgan fingerprint density at radius 2 is 1.78 bits per heavy atom. The molecular formula is C17H22N+. The summed E-state index contributed by atoms with van der Waals surface area (Å²) in [4.78, 5) is 0. The van der Waals surface area contributed by atoms with Crippen molar-refractivity contribution in [2.24, 2.45) is 0 Å². The minimum Gasteiger partial charge on any atom is -0.205 e. The van der Waals surface area contributed by atoms with Crippen molar-refractivity contribution in [3.8, 4) is 0 Å². The van der Waals surface area contributed by atoms with Gasteiger partial charge in [0.05, 0.1) is 0 Å². The van der Waals surface area contributed by atoms with E-state index in [1.807, 2.05) is 0 Å². The van der Waals surface area contributed by atoms with Crippen molar-refractivity contribution >= 4 is 0 Å². The molecule has 1 aromatic heterocycles. The first-order valence-electron chi connectivity index (χ1n) is 6.78. The lowest BCUT2D eigenvalue weighted by Crippen LogP contribution is -2.33. The van der Waals surface area contributed by atoms with Gasteiger partial charge in [-0.1, -0.05) is 44.2 Å². The fourth-order valence-electron chi connectivity index (χ4n) is 2.13. The number of aromatic nitrogens is 1. The minimum atomic E-state index is 0.603. The Balaban J connectivity index is 1.89. The van der Waals surface area contributed by atoms with Crippen molar-refractivity contribution in [3.63, 3.8) is 0 Å². The van der Waals surface area contributed by atoms with E-state index in [2.05, 4.69) is 73.3 Å². The second-order valence-electron chi connectivity index (χ2n) is 5.12. The number of rotatable bonds is 5. The normalized spacial score (nSPS) is 10.8. The fourth-order valence-corrected chi connectivity index (χ4v) is 2.13. The molecule has 94 valence electrons. The monoisotopic (exact) mass is 240 g/mol. The van der Waals surface area contributed by atoms with Gasteiger partial charge in [-0.15, -0.1) is 0 Å². The number of hydrogen-bond acceptors (Lipinski definition) is 0. The van der Waals surface area contributed by atoms with Gasteiger partial charge in [0.1, 0.15) is 6.54 Å². The van der Waals surface area contributed by atoms with Crippen LogP contribution in [0.5, 0.6) is 0 Å². The summed E-state index contributed by atoms with van der Waals surface area (Å²) < 4.78 is 2.30. The standard InChI is InChI=1S/C17H22N/c1-15(2)17-11-7-13-18(14-17)12-6-10-16-8-4-3-5-9-16/h3-5,7-9,11,13-15H,6,10,12H2,1-2H3/q+1. The molecule has 2 rings (SSSR count). The van der Waals surface area contributed by atoms with Gasteiger partial charge in [0.25, 0.3) is 0 Å². The minimum absolute atomic E-state index is 0.603. The average Bonchev–Trinajstić information content (AvgIpc) is 2.40. The molecule has 0 spiro atoms. The van der Waals surface area contributed by atoms with Crippen LogP contribution in [0.15, 0.2) is 54.9 Å². The van der Waals surface area contributed by atoms with Crippen molar-refractivity contribution in [2.75, 3.05) is 0 Å². The summed E-state index contributed by atoms with van der Waals surface area (Å²) in [5.41, 5.74) is 2.84. The molecule has 0 amide bonds. The van der Waals surface area contributed by atoms with E-state index in [-0.39, 0.29) is 0 Å². The molecule has 2 aromatic rings. The molecule has 0 unspecified atom stereocenters. The number of pyridine rings is 1. The smallest absolute Gasteiger partial charge is 0.172 e. The van der Waals surface area contributed by atoms with Crippen LogP contribution in [0.3, 0.4) is 0 Å². The topological polar surface area (TPSA) is 3.88 Å². The number of hydrogen-bond donors (Lipinski definition) is 0. The first-order valence-corrected chi connectivity index (χ1v) is 6.78. The van der Waals surface area contributed by atoms with Gasteiger partial charge < -0.3 is 0 Å². The van der Waals surface area contributed by atoms with E-state index in [1.54, 1.807) is 0 Å². The molecule has 1 heteroatoms. The molecule has 1 heterocycles. The molecule has 0 saturated carbocycles. The van der Waals surface area contributed by atoms with E-state index >= 15 is 0 Å². The summed E-state index contributed by atoms with van der Waals surface area (Å²) in [6.07, 6.45) is 6.78. The van der Waals surface area contributed by atoms with Gasteiger partial charge in [0, 0.05) is 18.1 Å². The summed E-state index contributed by atoms with van der Waals surface area (Å²) >= 11 is 0. The molecule has 0 atom stereocenters. The SMILES string of the molecule is CC(C)c1ccc[n+](CCCc2ccccc2)c1. The molecule has 0 aliphatic heterocycles. The van der Waals surface area contributed by atoms with Gasteiger partial charge >= 0.3 is 0 Å². The Bertz CT molecular complexity index is 474. The molecule has 0 aliphatic rings. The van der Waals surface area contributed by atoms with Gasteiger partial charge in [0.2, 0.25) is 0 Å². The van der Waals surface area contributed by atoms with E-state index in [9.17, 15) is 0 Å². The lowest BCUT2D eigenvalue weighted by Gasteiger charge is -2.04. The summed E-state index contributed by atoms with van der Waals surface area (Å²) in [5.74, 6) is 0.603. The molecule has 0 radical (unpaired) electrons. The van der Waals surface area contributed by atoms with Crippen LogP contribution in [0, 0.1) is 0 Å². The largest absolute Gasteiger partial charge is 0.205 e. The van der Waals surface area contributed by atoms with Crippen molar-refractivity contribution < 1.29 is 4.57 Å². The number of aryl methyl sites for hydroxylation is 2. The first-order chi connectivity index (χ1) is 8.75. The van der Waals surface area contributed by atoms with Crippen LogP contribution >= 0.6 is 0 Å². The third-order valence-electron chi connectivity index (χ3n) is 3.27. The molecule has 1 nitrogen and oxygen atoms in total. The molecule has 18 heavy (non-hydrogen) atoms. The predicted octanol–water partition coefficient (Wildman–Crippen LogP) is 3.73. The van der Waals surface area contributed by atoms with E-state index in [4.69, 9.17) is 0 Å². The molecule has 0 bridgehead atoms. The van der Waals surface area contributed by atoms with Gasteiger partial charge in [-0.05, 0) is 24.0 Å². The number of benzene rings is 1. The van der Waals surface area contributed by atoms with Crippen LogP contribution in [0.25, 0.3) is 0 Å². The van der Waals surface area contributed by atoms with Crippen LogP contribution in [0.4, 0.5) is 0 Å². The highest BCUT2D eigenvalue weighted by Crippen LogP contribution is 2.10. The molecule has 1 aromatic carbocycles.